The fraction of sp³-hybridized carbons (Fsp3) is 0.238. The van der Waals surface area contributed by atoms with Crippen molar-refractivity contribution < 1.29 is 0 Å². The summed E-state index contributed by atoms with van der Waals surface area (Å²) in [6.45, 7) is 11.4. The van der Waals surface area contributed by atoms with E-state index in [1.54, 1.807) is 0 Å². The van der Waals surface area contributed by atoms with Crippen LogP contribution < -0.4 is 5.32 Å². The molecule has 0 amide bonds. The zero-order chi connectivity index (χ0) is 15.9. The van der Waals surface area contributed by atoms with Crippen LogP contribution in [0.5, 0.6) is 0 Å². The molecule has 1 N–H and O–H groups in total. The minimum absolute atomic E-state index is 0.841. The zero-order valence-corrected chi connectivity index (χ0v) is 13.8. The summed E-state index contributed by atoms with van der Waals surface area (Å²) in [6.07, 6.45) is 3.20. The molecular formula is C21H25N. The molecule has 0 saturated carbocycles. The Morgan fingerprint density at radius 2 is 1.68 bits per heavy atom. The molecule has 0 aliphatic heterocycles. The summed E-state index contributed by atoms with van der Waals surface area (Å²) in [5, 5.41) is 3.46. The van der Waals surface area contributed by atoms with Crippen molar-refractivity contribution in [3.8, 4) is 0 Å². The second-order valence-corrected chi connectivity index (χ2v) is 5.69. The summed E-state index contributed by atoms with van der Waals surface area (Å²) in [7, 11) is 0. The van der Waals surface area contributed by atoms with Crippen molar-refractivity contribution in [1.82, 2.24) is 5.32 Å². The second-order valence-electron chi connectivity index (χ2n) is 5.69. The van der Waals surface area contributed by atoms with Crippen molar-refractivity contribution in [2.24, 2.45) is 0 Å². The first-order valence-electron chi connectivity index (χ1n) is 7.85. The molecule has 0 saturated heterocycles. The maximum absolute atomic E-state index is 4.19. The van der Waals surface area contributed by atoms with Gasteiger partial charge in [-0.1, -0.05) is 62.0 Å². The topological polar surface area (TPSA) is 12.0 Å². The van der Waals surface area contributed by atoms with Crippen LogP contribution in [0.2, 0.25) is 0 Å². The first-order chi connectivity index (χ1) is 10.6. The first-order valence-corrected chi connectivity index (χ1v) is 7.85. The van der Waals surface area contributed by atoms with Crippen molar-refractivity contribution in [3.05, 3.63) is 89.1 Å². The van der Waals surface area contributed by atoms with Gasteiger partial charge in [0, 0.05) is 12.2 Å². The molecule has 0 bridgehead atoms. The molecule has 0 heterocycles. The number of benzene rings is 2. The van der Waals surface area contributed by atoms with Crippen molar-refractivity contribution in [3.63, 3.8) is 0 Å². The normalized spacial score (nSPS) is 11.3. The van der Waals surface area contributed by atoms with Crippen molar-refractivity contribution in [2.75, 3.05) is 0 Å². The third kappa shape index (κ3) is 4.36. The molecule has 1 heteroatoms. The van der Waals surface area contributed by atoms with Gasteiger partial charge < -0.3 is 5.32 Å². The Bertz CT molecular complexity index is 663. The quantitative estimate of drug-likeness (QED) is 0.715. The van der Waals surface area contributed by atoms with Gasteiger partial charge in [0.25, 0.3) is 0 Å². The summed E-state index contributed by atoms with van der Waals surface area (Å²) in [5.41, 5.74) is 7.32. The SMILES string of the molecule is C=C(/C=C(\C)NCc1ccc(CC)cc1)c1ccccc1C. The Hall–Kier alpha value is -2.28. The maximum Gasteiger partial charge on any atom is 0.0397 e. The number of nitrogens with one attached hydrogen (secondary N) is 1. The maximum atomic E-state index is 4.19. The van der Waals surface area contributed by atoms with Gasteiger partial charge in [-0.3, -0.25) is 0 Å². The molecule has 22 heavy (non-hydrogen) atoms. The van der Waals surface area contributed by atoms with Crippen LogP contribution in [0, 0.1) is 6.92 Å². The highest BCUT2D eigenvalue weighted by Gasteiger charge is 2.00. The number of aryl methyl sites for hydroxylation is 2. The van der Waals surface area contributed by atoms with Crippen LogP contribution in [-0.4, -0.2) is 0 Å². The van der Waals surface area contributed by atoms with Gasteiger partial charge in [0.1, 0.15) is 0 Å². The number of hydrogen-bond acceptors (Lipinski definition) is 1. The van der Waals surface area contributed by atoms with E-state index < -0.39 is 0 Å². The van der Waals surface area contributed by atoms with Crippen LogP contribution in [0.15, 0.2) is 66.9 Å². The number of allylic oxidation sites excluding steroid dienone is 3. The predicted molar refractivity (Wildman–Crippen MR) is 96.6 cm³/mol. The molecule has 0 radical (unpaired) electrons. The summed E-state index contributed by atoms with van der Waals surface area (Å²) < 4.78 is 0. The van der Waals surface area contributed by atoms with Crippen LogP contribution in [0.3, 0.4) is 0 Å². The lowest BCUT2D eigenvalue weighted by Crippen LogP contribution is -2.10. The summed E-state index contributed by atoms with van der Waals surface area (Å²) in [5.74, 6) is 0. The summed E-state index contributed by atoms with van der Waals surface area (Å²) >= 11 is 0. The van der Waals surface area contributed by atoms with E-state index in [2.05, 4.69) is 87.3 Å². The van der Waals surface area contributed by atoms with Gasteiger partial charge in [0.2, 0.25) is 0 Å². The molecular weight excluding hydrogens is 266 g/mol. The van der Waals surface area contributed by atoms with Crippen molar-refractivity contribution >= 4 is 5.57 Å². The third-order valence-electron chi connectivity index (χ3n) is 3.88. The van der Waals surface area contributed by atoms with E-state index in [4.69, 9.17) is 0 Å². The minimum atomic E-state index is 0.841. The first kappa shape index (κ1) is 16.1. The third-order valence-corrected chi connectivity index (χ3v) is 3.88. The lowest BCUT2D eigenvalue weighted by Gasteiger charge is -2.10. The Labute approximate surface area is 134 Å². The molecule has 2 aromatic rings. The number of hydrogen-bond donors (Lipinski definition) is 1. The fourth-order valence-corrected chi connectivity index (χ4v) is 2.46. The molecule has 0 unspecified atom stereocenters. The highest BCUT2D eigenvalue weighted by Crippen LogP contribution is 2.19. The molecule has 0 atom stereocenters. The largest absolute Gasteiger partial charge is 0.384 e. The van der Waals surface area contributed by atoms with E-state index >= 15 is 0 Å². The van der Waals surface area contributed by atoms with Gasteiger partial charge in [-0.25, -0.2) is 0 Å². The Kier molecular flexibility index (Phi) is 5.60. The molecule has 0 aliphatic carbocycles. The van der Waals surface area contributed by atoms with Crippen LogP contribution >= 0.6 is 0 Å². The fourth-order valence-electron chi connectivity index (χ4n) is 2.46. The molecule has 2 rings (SSSR count). The van der Waals surface area contributed by atoms with E-state index in [-0.39, 0.29) is 0 Å². The van der Waals surface area contributed by atoms with Crippen LogP contribution in [0.1, 0.15) is 36.1 Å². The van der Waals surface area contributed by atoms with Crippen molar-refractivity contribution in [1.29, 1.82) is 0 Å². The Morgan fingerprint density at radius 1 is 1.05 bits per heavy atom. The van der Waals surface area contributed by atoms with E-state index in [0.29, 0.717) is 0 Å². The molecule has 1 nitrogen and oxygen atoms in total. The zero-order valence-electron chi connectivity index (χ0n) is 13.8. The van der Waals surface area contributed by atoms with Gasteiger partial charge in [0.05, 0.1) is 0 Å². The molecule has 0 aromatic heterocycles. The highest BCUT2D eigenvalue weighted by molar-refractivity contribution is 5.74. The van der Waals surface area contributed by atoms with Gasteiger partial charge in [0.15, 0.2) is 0 Å². The second kappa shape index (κ2) is 7.65. The van der Waals surface area contributed by atoms with Gasteiger partial charge in [-0.05, 0) is 54.2 Å². The van der Waals surface area contributed by atoms with E-state index in [1.807, 2.05) is 0 Å². The van der Waals surface area contributed by atoms with Gasteiger partial charge in [-0.2, -0.15) is 0 Å². The minimum Gasteiger partial charge on any atom is -0.384 e. The lowest BCUT2D eigenvalue weighted by atomic mass is 10.0. The molecule has 0 spiro atoms. The average Bonchev–Trinajstić information content (AvgIpc) is 2.53. The standard InChI is InChI=1S/C21H25N/c1-5-19-10-12-20(13-11-19)15-22-18(4)14-17(3)21-9-7-6-8-16(21)2/h6-14,22H,3,5,15H2,1-2,4H3/b18-14+. The van der Waals surface area contributed by atoms with Crippen LogP contribution in [0.25, 0.3) is 5.57 Å². The smallest absolute Gasteiger partial charge is 0.0397 e. The van der Waals surface area contributed by atoms with Crippen molar-refractivity contribution in [2.45, 2.75) is 33.7 Å². The molecule has 2 aromatic carbocycles. The average molecular weight is 291 g/mol. The Balaban J connectivity index is 1.97. The number of rotatable bonds is 6. The monoisotopic (exact) mass is 291 g/mol. The van der Waals surface area contributed by atoms with E-state index in [9.17, 15) is 0 Å². The van der Waals surface area contributed by atoms with Crippen LogP contribution in [0.4, 0.5) is 0 Å². The van der Waals surface area contributed by atoms with Gasteiger partial charge in [-0.15, -0.1) is 0 Å². The van der Waals surface area contributed by atoms with Crippen LogP contribution in [-0.2, 0) is 13.0 Å². The molecule has 0 fully saturated rings. The van der Waals surface area contributed by atoms with Gasteiger partial charge >= 0.3 is 0 Å². The Morgan fingerprint density at radius 3 is 2.32 bits per heavy atom. The molecule has 114 valence electrons. The predicted octanol–water partition coefficient (Wildman–Crippen LogP) is 5.26. The van der Waals surface area contributed by atoms with E-state index in [1.165, 1.54) is 22.3 Å². The molecule has 0 aliphatic rings. The van der Waals surface area contributed by atoms with E-state index in [0.717, 1.165) is 24.2 Å². The summed E-state index contributed by atoms with van der Waals surface area (Å²) in [6, 6.07) is 17.1. The summed E-state index contributed by atoms with van der Waals surface area (Å²) in [4.78, 5) is 0. The lowest BCUT2D eigenvalue weighted by molar-refractivity contribution is 0.812. The highest BCUT2D eigenvalue weighted by atomic mass is 14.9.